The number of benzene rings is 1. The highest BCUT2D eigenvalue weighted by Gasteiger charge is 2.27. The average molecular weight is 505 g/mol. The lowest BCUT2D eigenvalue weighted by Gasteiger charge is -2.17. The number of ether oxygens (including phenoxy) is 2. The van der Waals surface area contributed by atoms with Crippen LogP contribution in [0.1, 0.15) is 13.8 Å². The Hall–Kier alpha value is -2.24. The highest BCUT2D eigenvalue weighted by Crippen LogP contribution is 2.26. The van der Waals surface area contributed by atoms with Crippen molar-refractivity contribution in [1.82, 2.24) is 20.9 Å². The Morgan fingerprint density at radius 3 is 2.61 bits per heavy atom. The summed E-state index contributed by atoms with van der Waals surface area (Å²) in [6.07, 6.45) is -0.164. The largest absolute Gasteiger partial charge is 0.493 e. The SMILES string of the molecule is CCNC(=NCC(C)Oc1ccccc1OC)NCCN1C(=O)CNC1=O.I. The topological polar surface area (TPSA) is 104 Å². The summed E-state index contributed by atoms with van der Waals surface area (Å²) < 4.78 is 11.2. The number of para-hydroxylation sites is 2. The minimum absolute atomic E-state index is 0. The molecule has 28 heavy (non-hydrogen) atoms. The van der Waals surface area contributed by atoms with E-state index in [1.807, 2.05) is 38.1 Å². The molecule has 9 nitrogen and oxygen atoms in total. The first-order valence-electron chi connectivity index (χ1n) is 8.95. The zero-order valence-corrected chi connectivity index (χ0v) is 18.7. The number of nitrogens with one attached hydrogen (secondary N) is 3. The number of hydrogen-bond donors (Lipinski definition) is 3. The van der Waals surface area contributed by atoms with E-state index >= 15 is 0 Å². The predicted octanol–water partition coefficient (Wildman–Crippen LogP) is 1.19. The lowest BCUT2D eigenvalue weighted by Crippen LogP contribution is -2.43. The third kappa shape index (κ3) is 7.06. The zero-order chi connectivity index (χ0) is 19.6. The number of imide groups is 1. The van der Waals surface area contributed by atoms with Crippen LogP contribution in [0, 0.1) is 0 Å². The molecule has 0 bridgehead atoms. The maximum Gasteiger partial charge on any atom is 0.324 e. The molecule has 1 unspecified atom stereocenters. The van der Waals surface area contributed by atoms with Crippen LogP contribution in [0.4, 0.5) is 4.79 Å². The van der Waals surface area contributed by atoms with Gasteiger partial charge in [-0.15, -0.1) is 24.0 Å². The van der Waals surface area contributed by atoms with Crippen LogP contribution in [-0.2, 0) is 4.79 Å². The summed E-state index contributed by atoms with van der Waals surface area (Å²) >= 11 is 0. The van der Waals surface area contributed by atoms with Crippen molar-refractivity contribution in [2.24, 2.45) is 4.99 Å². The summed E-state index contributed by atoms with van der Waals surface area (Å²) in [5.41, 5.74) is 0. The Morgan fingerprint density at radius 1 is 1.29 bits per heavy atom. The van der Waals surface area contributed by atoms with Gasteiger partial charge in [-0.3, -0.25) is 9.69 Å². The lowest BCUT2D eigenvalue weighted by molar-refractivity contribution is -0.124. The van der Waals surface area contributed by atoms with Gasteiger partial charge in [0.15, 0.2) is 17.5 Å². The number of amides is 3. The fourth-order valence-electron chi connectivity index (χ4n) is 2.50. The molecule has 1 aromatic carbocycles. The van der Waals surface area contributed by atoms with Crippen molar-refractivity contribution in [2.75, 3.05) is 39.8 Å². The first kappa shape index (κ1) is 23.8. The van der Waals surface area contributed by atoms with Crippen LogP contribution in [0.2, 0.25) is 0 Å². The van der Waals surface area contributed by atoms with E-state index in [-0.39, 0.29) is 55.1 Å². The number of urea groups is 1. The van der Waals surface area contributed by atoms with E-state index in [4.69, 9.17) is 9.47 Å². The third-order valence-electron chi connectivity index (χ3n) is 3.81. The average Bonchev–Trinajstić information content (AvgIpc) is 2.98. The number of halogens is 1. The molecule has 1 aromatic rings. The van der Waals surface area contributed by atoms with Gasteiger partial charge in [-0.25, -0.2) is 9.79 Å². The molecule has 1 aliphatic rings. The molecule has 1 aliphatic heterocycles. The summed E-state index contributed by atoms with van der Waals surface area (Å²) in [6, 6.07) is 7.10. The fourth-order valence-corrected chi connectivity index (χ4v) is 2.50. The first-order chi connectivity index (χ1) is 13.0. The van der Waals surface area contributed by atoms with Crippen LogP contribution in [0.3, 0.4) is 0 Å². The van der Waals surface area contributed by atoms with Crippen molar-refractivity contribution < 1.29 is 19.1 Å². The van der Waals surface area contributed by atoms with Gasteiger partial charge >= 0.3 is 6.03 Å². The monoisotopic (exact) mass is 505 g/mol. The van der Waals surface area contributed by atoms with Crippen molar-refractivity contribution in [3.8, 4) is 11.5 Å². The highest BCUT2D eigenvalue weighted by atomic mass is 127. The van der Waals surface area contributed by atoms with Crippen LogP contribution in [-0.4, -0.2) is 68.7 Å². The Morgan fingerprint density at radius 2 is 2.00 bits per heavy atom. The number of nitrogens with zero attached hydrogens (tertiary/aromatic N) is 2. The second-order valence-electron chi connectivity index (χ2n) is 5.93. The Labute approximate surface area is 182 Å². The van der Waals surface area contributed by atoms with Crippen molar-refractivity contribution in [3.63, 3.8) is 0 Å². The summed E-state index contributed by atoms with van der Waals surface area (Å²) in [7, 11) is 1.60. The second-order valence-corrected chi connectivity index (χ2v) is 5.93. The summed E-state index contributed by atoms with van der Waals surface area (Å²) in [5.74, 6) is 1.72. The molecule has 3 N–H and O–H groups in total. The standard InChI is InChI=1S/C18H27N5O4.HI/c1-4-19-17(20-9-10-23-16(24)12-22-18(23)25)21-11-13(2)27-15-8-6-5-7-14(15)26-3;/h5-8,13H,4,9-12H2,1-3H3,(H,22,25)(H2,19,20,21);1H. The maximum atomic E-state index is 11.6. The quantitative estimate of drug-likeness (QED) is 0.202. The van der Waals surface area contributed by atoms with Crippen LogP contribution < -0.4 is 25.4 Å². The van der Waals surface area contributed by atoms with Crippen LogP contribution in [0.25, 0.3) is 0 Å². The minimum atomic E-state index is -0.359. The normalized spacial score (nSPS) is 14.8. The molecule has 1 atom stereocenters. The van der Waals surface area contributed by atoms with E-state index in [0.717, 1.165) is 0 Å². The van der Waals surface area contributed by atoms with Crippen LogP contribution >= 0.6 is 24.0 Å². The second kappa shape index (κ2) is 12.3. The molecule has 0 spiro atoms. The minimum Gasteiger partial charge on any atom is -0.493 e. The van der Waals surface area contributed by atoms with Gasteiger partial charge in [0, 0.05) is 19.6 Å². The molecular formula is C18H28IN5O4. The molecule has 0 aromatic heterocycles. The number of hydrogen-bond acceptors (Lipinski definition) is 5. The van der Waals surface area contributed by atoms with Crippen molar-refractivity contribution in [3.05, 3.63) is 24.3 Å². The van der Waals surface area contributed by atoms with Crippen molar-refractivity contribution in [2.45, 2.75) is 20.0 Å². The van der Waals surface area contributed by atoms with Crippen LogP contribution in [0.5, 0.6) is 11.5 Å². The molecule has 0 radical (unpaired) electrons. The van der Waals surface area contributed by atoms with E-state index < -0.39 is 0 Å². The zero-order valence-electron chi connectivity index (χ0n) is 16.4. The lowest BCUT2D eigenvalue weighted by atomic mass is 10.3. The number of aliphatic imine (C=N–C) groups is 1. The molecule has 1 fully saturated rings. The Kier molecular flexibility index (Phi) is 10.4. The van der Waals surface area contributed by atoms with Gasteiger partial charge in [-0.05, 0) is 26.0 Å². The van der Waals surface area contributed by atoms with Crippen molar-refractivity contribution >= 4 is 41.9 Å². The Balaban J connectivity index is 0.00000392. The maximum absolute atomic E-state index is 11.6. The van der Waals surface area contributed by atoms with Gasteiger partial charge in [0.05, 0.1) is 20.2 Å². The smallest absolute Gasteiger partial charge is 0.324 e. The molecule has 0 aliphatic carbocycles. The highest BCUT2D eigenvalue weighted by molar-refractivity contribution is 14.0. The van der Waals surface area contributed by atoms with Gasteiger partial charge in [-0.1, -0.05) is 12.1 Å². The number of rotatable bonds is 9. The van der Waals surface area contributed by atoms with E-state index in [9.17, 15) is 9.59 Å². The van der Waals surface area contributed by atoms with Gasteiger partial charge in [-0.2, -0.15) is 0 Å². The predicted molar refractivity (Wildman–Crippen MR) is 118 cm³/mol. The number of guanidine groups is 1. The van der Waals surface area contributed by atoms with Crippen LogP contribution in [0.15, 0.2) is 29.3 Å². The summed E-state index contributed by atoms with van der Waals surface area (Å²) in [5, 5.41) is 8.73. The van der Waals surface area contributed by atoms with E-state index in [2.05, 4.69) is 20.9 Å². The van der Waals surface area contributed by atoms with Gasteiger partial charge in [0.1, 0.15) is 6.10 Å². The molecule has 156 valence electrons. The summed E-state index contributed by atoms with van der Waals surface area (Å²) in [6.45, 7) is 5.75. The van der Waals surface area contributed by atoms with E-state index in [0.29, 0.717) is 37.1 Å². The molecule has 10 heteroatoms. The number of carbonyl (C=O) groups is 2. The molecule has 0 saturated carbocycles. The third-order valence-corrected chi connectivity index (χ3v) is 3.81. The van der Waals surface area contributed by atoms with E-state index in [1.54, 1.807) is 7.11 Å². The van der Waals surface area contributed by atoms with Gasteiger partial charge in [0.2, 0.25) is 5.91 Å². The summed E-state index contributed by atoms with van der Waals surface area (Å²) in [4.78, 5) is 28.8. The molecule has 1 saturated heterocycles. The number of methoxy groups -OCH3 is 1. The number of carbonyl (C=O) groups excluding carboxylic acids is 2. The van der Waals surface area contributed by atoms with Gasteiger partial charge in [0.25, 0.3) is 0 Å². The van der Waals surface area contributed by atoms with Crippen molar-refractivity contribution in [1.29, 1.82) is 0 Å². The molecule has 3 amide bonds. The molecular weight excluding hydrogens is 477 g/mol. The molecule has 2 rings (SSSR count). The molecule has 1 heterocycles. The Bertz CT molecular complexity index is 670. The first-order valence-corrected chi connectivity index (χ1v) is 8.95. The van der Waals surface area contributed by atoms with Gasteiger partial charge < -0.3 is 25.4 Å². The van der Waals surface area contributed by atoms with E-state index in [1.165, 1.54) is 4.90 Å². The fraction of sp³-hybridized carbons (Fsp3) is 0.500.